The number of nitrogens with zero attached hydrogens (tertiary/aromatic N) is 6. The first-order chi connectivity index (χ1) is 11.1. The van der Waals surface area contributed by atoms with Gasteiger partial charge in [0.15, 0.2) is 0 Å². The van der Waals surface area contributed by atoms with Gasteiger partial charge in [0.2, 0.25) is 5.91 Å². The lowest BCUT2D eigenvalue weighted by atomic mass is 9.90. The van der Waals surface area contributed by atoms with Crippen molar-refractivity contribution in [2.75, 3.05) is 20.6 Å². The number of hydrogen-bond donors (Lipinski definition) is 0. The summed E-state index contributed by atoms with van der Waals surface area (Å²) in [6, 6.07) is 0. The molecule has 3 rings (SSSR count). The van der Waals surface area contributed by atoms with Crippen LogP contribution in [0, 0.1) is 0 Å². The largest absolute Gasteiger partial charge is 0.347 e. The highest BCUT2D eigenvalue weighted by Crippen LogP contribution is 2.39. The molecule has 1 saturated heterocycles. The van der Waals surface area contributed by atoms with Crippen molar-refractivity contribution in [2.45, 2.75) is 24.9 Å². The van der Waals surface area contributed by atoms with E-state index in [-0.39, 0.29) is 5.91 Å². The van der Waals surface area contributed by atoms with Crippen LogP contribution in [0.2, 0.25) is 0 Å². The van der Waals surface area contributed by atoms with Crippen LogP contribution in [0.15, 0.2) is 31.0 Å². The van der Waals surface area contributed by atoms with Gasteiger partial charge < -0.3 is 9.47 Å². The SMILES string of the molecule is CN(C)C(=O)C1(c2cnccn2)CCCN1Cc1nccn1C. The summed E-state index contributed by atoms with van der Waals surface area (Å²) in [5.74, 6) is 0.983. The van der Waals surface area contributed by atoms with Crippen molar-refractivity contribution in [3.05, 3.63) is 42.5 Å². The maximum Gasteiger partial charge on any atom is 0.248 e. The minimum atomic E-state index is -0.760. The fourth-order valence-corrected chi connectivity index (χ4v) is 3.33. The van der Waals surface area contributed by atoms with Crippen LogP contribution >= 0.6 is 0 Å². The van der Waals surface area contributed by atoms with Crippen LogP contribution in [-0.2, 0) is 23.9 Å². The molecule has 1 aliphatic rings. The van der Waals surface area contributed by atoms with Crippen LogP contribution in [-0.4, -0.2) is 55.9 Å². The Bertz CT molecular complexity index is 683. The van der Waals surface area contributed by atoms with E-state index in [1.54, 1.807) is 43.8 Å². The Morgan fingerprint density at radius 2 is 2.13 bits per heavy atom. The van der Waals surface area contributed by atoms with Gasteiger partial charge in [-0.25, -0.2) is 4.98 Å². The van der Waals surface area contributed by atoms with Gasteiger partial charge in [0.25, 0.3) is 0 Å². The summed E-state index contributed by atoms with van der Waals surface area (Å²) in [5.41, 5.74) is -0.0469. The zero-order valence-corrected chi connectivity index (χ0v) is 13.8. The molecule has 0 bridgehead atoms. The van der Waals surface area contributed by atoms with Crippen LogP contribution in [0.5, 0.6) is 0 Å². The maximum absolute atomic E-state index is 13.1. The average Bonchev–Trinajstić information content (AvgIpc) is 3.15. The number of likely N-dealkylation sites (N-methyl/N-ethyl adjacent to an activating group) is 1. The van der Waals surface area contributed by atoms with E-state index >= 15 is 0 Å². The van der Waals surface area contributed by atoms with Crippen LogP contribution in [0.1, 0.15) is 24.4 Å². The van der Waals surface area contributed by atoms with Gasteiger partial charge in [-0.2, -0.15) is 0 Å². The van der Waals surface area contributed by atoms with Gasteiger partial charge in [-0.05, 0) is 12.8 Å². The van der Waals surface area contributed by atoms with Crippen molar-refractivity contribution in [1.29, 1.82) is 0 Å². The molecule has 1 atom stereocenters. The van der Waals surface area contributed by atoms with Crippen LogP contribution in [0.3, 0.4) is 0 Å². The normalized spacial score (nSPS) is 21.5. The number of rotatable bonds is 4. The number of hydrogen-bond acceptors (Lipinski definition) is 5. The minimum absolute atomic E-state index is 0.0460. The summed E-state index contributed by atoms with van der Waals surface area (Å²) < 4.78 is 1.99. The number of carbonyl (C=O) groups excluding carboxylic acids is 1. The molecule has 1 aliphatic heterocycles. The zero-order chi connectivity index (χ0) is 16.4. The molecule has 0 aliphatic carbocycles. The standard InChI is InChI=1S/C16H22N6O/c1-20(2)15(23)16(13-11-17-6-7-18-13)5-4-9-22(16)12-14-19-8-10-21(14)3/h6-8,10-11H,4-5,9,12H2,1-3H3. The first-order valence-electron chi connectivity index (χ1n) is 7.75. The number of aromatic nitrogens is 4. The number of aryl methyl sites for hydroxylation is 1. The van der Waals surface area contributed by atoms with E-state index in [0.717, 1.165) is 25.2 Å². The van der Waals surface area contributed by atoms with Crippen molar-refractivity contribution >= 4 is 5.91 Å². The van der Waals surface area contributed by atoms with Crippen molar-refractivity contribution in [3.8, 4) is 0 Å². The Hall–Kier alpha value is -2.28. The van der Waals surface area contributed by atoms with E-state index in [9.17, 15) is 4.79 Å². The van der Waals surface area contributed by atoms with Gasteiger partial charge in [-0.15, -0.1) is 0 Å². The first-order valence-corrected chi connectivity index (χ1v) is 7.75. The molecule has 7 nitrogen and oxygen atoms in total. The van der Waals surface area contributed by atoms with E-state index in [4.69, 9.17) is 0 Å². The van der Waals surface area contributed by atoms with Gasteiger partial charge >= 0.3 is 0 Å². The fourth-order valence-electron chi connectivity index (χ4n) is 3.33. The Balaban J connectivity index is 2.03. The quantitative estimate of drug-likeness (QED) is 0.835. The van der Waals surface area contributed by atoms with E-state index in [1.165, 1.54) is 0 Å². The molecule has 23 heavy (non-hydrogen) atoms. The number of amides is 1. The second-order valence-electron chi connectivity index (χ2n) is 6.13. The Kier molecular flexibility index (Phi) is 4.12. The highest BCUT2D eigenvalue weighted by molar-refractivity contribution is 5.87. The molecular weight excluding hydrogens is 292 g/mol. The molecule has 0 N–H and O–H groups in total. The van der Waals surface area contributed by atoms with Crippen molar-refractivity contribution in [2.24, 2.45) is 7.05 Å². The monoisotopic (exact) mass is 314 g/mol. The number of imidazole rings is 1. The molecule has 0 saturated carbocycles. The highest BCUT2D eigenvalue weighted by Gasteiger charge is 2.51. The zero-order valence-electron chi connectivity index (χ0n) is 13.8. The number of carbonyl (C=O) groups is 1. The van der Waals surface area contributed by atoms with Gasteiger partial charge in [-0.3, -0.25) is 19.7 Å². The van der Waals surface area contributed by atoms with Crippen LogP contribution in [0.4, 0.5) is 0 Å². The highest BCUT2D eigenvalue weighted by atomic mass is 16.2. The van der Waals surface area contributed by atoms with Crippen molar-refractivity contribution in [3.63, 3.8) is 0 Å². The lowest BCUT2D eigenvalue weighted by molar-refractivity contribution is -0.141. The minimum Gasteiger partial charge on any atom is -0.347 e. The second-order valence-corrected chi connectivity index (χ2v) is 6.13. The third-order valence-corrected chi connectivity index (χ3v) is 4.51. The number of likely N-dealkylation sites (tertiary alicyclic amines) is 1. The molecule has 0 aromatic carbocycles. The van der Waals surface area contributed by atoms with Crippen molar-refractivity contribution < 1.29 is 4.79 Å². The molecule has 1 fully saturated rings. The smallest absolute Gasteiger partial charge is 0.248 e. The third kappa shape index (κ3) is 2.61. The van der Waals surface area contributed by atoms with Crippen LogP contribution < -0.4 is 0 Å². The molecule has 0 radical (unpaired) electrons. The van der Waals surface area contributed by atoms with E-state index in [1.807, 2.05) is 17.8 Å². The summed E-state index contributed by atoms with van der Waals surface area (Å²) in [6.07, 6.45) is 10.4. The van der Waals surface area contributed by atoms with Gasteiger partial charge in [0.05, 0.1) is 18.4 Å². The Labute approximate surface area is 136 Å². The molecule has 2 aromatic heterocycles. The fraction of sp³-hybridized carbons (Fsp3) is 0.500. The molecule has 1 unspecified atom stereocenters. The van der Waals surface area contributed by atoms with Gasteiger partial charge in [0.1, 0.15) is 11.4 Å². The molecule has 0 spiro atoms. The van der Waals surface area contributed by atoms with Crippen molar-refractivity contribution in [1.82, 2.24) is 29.3 Å². The lowest BCUT2D eigenvalue weighted by Gasteiger charge is -2.38. The van der Waals surface area contributed by atoms with Gasteiger partial charge in [0, 0.05) is 52.5 Å². The predicted octanol–water partition coefficient (Wildman–Crippen LogP) is 0.790. The van der Waals surface area contributed by atoms with E-state index < -0.39 is 5.54 Å². The summed E-state index contributed by atoms with van der Waals surface area (Å²) in [5, 5.41) is 0. The van der Waals surface area contributed by atoms with Crippen LogP contribution in [0.25, 0.3) is 0 Å². The third-order valence-electron chi connectivity index (χ3n) is 4.51. The topological polar surface area (TPSA) is 67.2 Å². The molecule has 3 heterocycles. The molecule has 122 valence electrons. The van der Waals surface area contributed by atoms with E-state index in [0.29, 0.717) is 12.2 Å². The lowest BCUT2D eigenvalue weighted by Crippen LogP contribution is -2.53. The summed E-state index contributed by atoms with van der Waals surface area (Å²) in [6.45, 7) is 1.45. The second kappa shape index (κ2) is 6.08. The van der Waals surface area contributed by atoms with E-state index in [2.05, 4.69) is 19.9 Å². The summed E-state index contributed by atoms with van der Waals surface area (Å²) in [7, 11) is 5.55. The Morgan fingerprint density at radius 1 is 1.30 bits per heavy atom. The summed E-state index contributed by atoms with van der Waals surface area (Å²) >= 11 is 0. The molecular formula is C16H22N6O. The molecule has 2 aromatic rings. The maximum atomic E-state index is 13.1. The molecule has 7 heteroatoms. The summed E-state index contributed by atoms with van der Waals surface area (Å²) in [4.78, 5) is 30.0. The molecule has 1 amide bonds. The van der Waals surface area contributed by atoms with Gasteiger partial charge in [-0.1, -0.05) is 0 Å². The predicted molar refractivity (Wildman–Crippen MR) is 85.3 cm³/mol. The average molecular weight is 314 g/mol. The first kappa shape index (κ1) is 15.6. The Morgan fingerprint density at radius 3 is 2.74 bits per heavy atom.